The molecule has 1 N–H and O–H groups in total. The minimum Gasteiger partial charge on any atom is -0.388 e. The van der Waals surface area contributed by atoms with E-state index in [4.69, 9.17) is 0 Å². The van der Waals surface area contributed by atoms with Crippen molar-refractivity contribution in [2.24, 2.45) is 0 Å². The molecule has 1 aliphatic carbocycles. The highest BCUT2D eigenvalue weighted by molar-refractivity contribution is 8.03. The Bertz CT molecular complexity index is 353. The number of aliphatic hydroxyl groups is 1. The number of rotatable bonds is 2. The van der Waals surface area contributed by atoms with Crippen molar-refractivity contribution in [2.45, 2.75) is 37.2 Å². The standard InChI is InChI=1S/C13H16OS/c1-10-6-8-11(9-7-10)15-13-5-3-2-4-12(13)14/h5-9,12,14H,2-4H2,1H3. The molecular formula is C13H16OS. The van der Waals surface area contributed by atoms with Gasteiger partial charge in [0.15, 0.2) is 0 Å². The van der Waals surface area contributed by atoms with E-state index in [0.29, 0.717) is 0 Å². The Hall–Kier alpha value is -0.730. The average molecular weight is 220 g/mol. The summed E-state index contributed by atoms with van der Waals surface area (Å²) in [4.78, 5) is 2.33. The Morgan fingerprint density at radius 3 is 2.67 bits per heavy atom. The molecule has 1 unspecified atom stereocenters. The van der Waals surface area contributed by atoms with Crippen molar-refractivity contribution in [3.05, 3.63) is 40.8 Å². The topological polar surface area (TPSA) is 20.2 Å². The van der Waals surface area contributed by atoms with E-state index in [1.807, 2.05) is 0 Å². The van der Waals surface area contributed by atoms with Crippen molar-refractivity contribution >= 4 is 11.8 Å². The maximum atomic E-state index is 9.80. The van der Waals surface area contributed by atoms with Crippen molar-refractivity contribution in [1.82, 2.24) is 0 Å². The molecule has 2 rings (SSSR count). The van der Waals surface area contributed by atoms with Crippen LogP contribution in [0.2, 0.25) is 0 Å². The van der Waals surface area contributed by atoms with Gasteiger partial charge in [-0.15, -0.1) is 0 Å². The molecule has 0 fully saturated rings. The summed E-state index contributed by atoms with van der Waals surface area (Å²) in [5.74, 6) is 0. The lowest BCUT2D eigenvalue weighted by Gasteiger charge is -2.18. The largest absolute Gasteiger partial charge is 0.388 e. The second-order valence-corrected chi connectivity index (χ2v) is 5.12. The van der Waals surface area contributed by atoms with Crippen LogP contribution < -0.4 is 0 Å². The van der Waals surface area contributed by atoms with Gasteiger partial charge in [-0.2, -0.15) is 0 Å². The van der Waals surface area contributed by atoms with Gasteiger partial charge in [0.2, 0.25) is 0 Å². The third-order valence-corrected chi connectivity index (χ3v) is 3.79. The van der Waals surface area contributed by atoms with Gasteiger partial charge in [-0.25, -0.2) is 0 Å². The van der Waals surface area contributed by atoms with Crippen LogP contribution in [0, 0.1) is 6.92 Å². The summed E-state index contributed by atoms with van der Waals surface area (Å²) in [6.07, 6.45) is 5.04. The summed E-state index contributed by atoms with van der Waals surface area (Å²) < 4.78 is 0. The summed E-state index contributed by atoms with van der Waals surface area (Å²) in [6, 6.07) is 8.44. The van der Waals surface area contributed by atoms with E-state index in [-0.39, 0.29) is 6.10 Å². The fourth-order valence-corrected chi connectivity index (χ4v) is 2.69. The summed E-state index contributed by atoms with van der Waals surface area (Å²) in [6.45, 7) is 2.09. The van der Waals surface area contributed by atoms with Crippen molar-refractivity contribution in [3.63, 3.8) is 0 Å². The summed E-state index contributed by atoms with van der Waals surface area (Å²) in [5.41, 5.74) is 1.28. The maximum Gasteiger partial charge on any atom is 0.0848 e. The number of hydrogen-bond acceptors (Lipinski definition) is 2. The van der Waals surface area contributed by atoms with Crippen LogP contribution in [-0.2, 0) is 0 Å². The molecule has 15 heavy (non-hydrogen) atoms. The van der Waals surface area contributed by atoms with Crippen LogP contribution in [0.15, 0.2) is 40.1 Å². The predicted octanol–water partition coefficient (Wildman–Crippen LogP) is 3.52. The molecule has 1 aliphatic rings. The average Bonchev–Trinajstić information content (AvgIpc) is 2.25. The predicted molar refractivity (Wildman–Crippen MR) is 65.0 cm³/mol. The van der Waals surface area contributed by atoms with E-state index in [9.17, 15) is 5.11 Å². The van der Waals surface area contributed by atoms with Crippen molar-refractivity contribution in [3.8, 4) is 0 Å². The number of hydrogen-bond donors (Lipinski definition) is 1. The molecule has 1 atom stereocenters. The smallest absolute Gasteiger partial charge is 0.0848 e. The van der Waals surface area contributed by atoms with E-state index in [0.717, 1.165) is 24.2 Å². The molecule has 1 nitrogen and oxygen atoms in total. The molecule has 0 saturated heterocycles. The van der Waals surface area contributed by atoms with Crippen molar-refractivity contribution in [2.75, 3.05) is 0 Å². The van der Waals surface area contributed by atoms with E-state index in [1.54, 1.807) is 11.8 Å². The van der Waals surface area contributed by atoms with Crippen LogP contribution in [0.4, 0.5) is 0 Å². The van der Waals surface area contributed by atoms with Crippen LogP contribution in [-0.4, -0.2) is 11.2 Å². The fraction of sp³-hybridized carbons (Fsp3) is 0.385. The number of aliphatic hydroxyl groups excluding tert-OH is 1. The monoisotopic (exact) mass is 220 g/mol. The van der Waals surface area contributed by atoms with Crippen LogP contribution in [0.3, 0.4) is 0 Å². The van der Waals surface area contributed by atoms with Gasteiger partial charge >= 0.3 is 0 Å². The SMILES string of the molecule is Cc1ccc(SC2=CCCCC2O)cc1. The minimum atomic E-state index is -0.245. The van der Waals surface area contributed by atoms with Crippen molar-refractivity contribution in [1.29, 1.82) is 0 Å². The van der Waals surface area contributed by atoms with E-state index in [1.165, 1.54) is 10.5 Å². The van der Waals surface area contributed by atoms with E-state index >= 15 is 0 Å². The molecule has 0 bridgehead atoms. The number of aryl methyl sites for hydroxylation is 1. The number of allylic oxidation sites excluding steroid dienone is 1. The number of benzene rings is 1. The summed E-state index contributed by atoms with van der Waals surface area (Å²) in [5, 5.41) is 9.80. The lowest BCUT2D eigenvalue weighted by Crippen LogP contribution is -2.11. The Labute approximate surface area is 95.2 Å². The Kier molecular flexibility index (Phi) is 3.49. The summed E-state index contributed by atoms with van der Waals surface area (Å²) >= 11 is 1.69. The highest BCUT2D eigenvalue weighted by atomic mass is 32.2. The maximum absolute atomic E-state index is 9.80. The van der Waals surface area contributed by atoms with E-state index in [2.05, 4.69) is 37.3 Å². The molecule has 1 aromatic rings. The molecule has 0 radical (unpaired) electrons. The molecular weight excluding hydrogens is 204 g/mol. The first kappa shape index (κ1) is 10.8. The Balaban J connectivity index is 2.08. The van der Waals surface area contributed by atoms with Gasteiger partial charge in [-0.3, -0.25) is 0 Å². The number of thioether (sulfide) groups is 1. The molecule has 0 saturated carbocycles. The molecule has 0 spiro atoms. The quantitative estimate of drug-likeness (QED) is 0.823. The van der Waals surface area contributed by atoms with Gasteiger partial charge in [0.25, 0.3) is 0 Å². The van der Waals surface area contributed by atoms with Crippen molar-refractivity contribution < 1.29 is 5.11 Å². The molecule has 80 valence electrons. The van der Waals surface area contributed by atoms with Gasteiger partial charge < -0.3 is 5.11 Å². The molecule has 2 heteroatoms. The van der Waals surface area contributed by atoms with Crippen LogP contribution in [0.1, 0.15) is 24.8 Å². The molecule has 0 aliphatic heterocycles. The first-order valence-electron chi connectivity index (χ1n) is 5.38. The van der Waals surface area contributed by atoms with Crippen LogP contribution in [0.5, 0.6) is 0 Å². The van der Waals surface area contributed by atoms with Gasteiger partial charge in [-0.05, 0) is 38.3 Å². The zero-order valence-electron chi connectivity index (χ0n) is 8.94. The molecule has 0 aromatic heterocycles. The van der Waals surface area contributed by atoms with Crippen LogP contribution in [0.25, 0.3) is 0 Å². The molecule has 0 amide bonds. The van der Waals surface area contributed by atoms with Gasteiger partial charge in [-0.1, -0.05) is 35.5 Å². The van der Waals surface area contributed by atoms with Crippen LogP contribution >= 0.6 is 11.8 Å². The third-order valence-electron chi connectivity index (χ3n) is 2.61. The summed E-state index contributed by atoms with van der Waals surface area (Å²) in [7, 11) is 0. The second kappa shape index (κ2) is 4.86. The lowest BCUT2D eigenvalue weighted by molar-refractivity contribution is 0.200. The minimum absolute atomic E-state index is 0.245. The van der Waals surface area contributed by atoms with Gasteiger partial charge in [0.1, 0.15) is 0 Å². The lowest BCUT2D eigenvalue weighted by atomic mass is 10.1. The third kappa shape index (κ3) is 2.86. The van der Waals surface area contributed by atoms with E-state index < -0.39 is 0 Å². The van der Waals surface area contributed by atoms with Gasteiger partial charge in [0, 0.05) is 9.80 Å². The zero-order chi connectivity index (χ0) is 10.7. The Morgan fingerprint density at radius 1 is 1.27 bits per heavy atom. The zero-order valence-corrected chi connectivity index (χ0v) is 9.76. The Morgan fingerprint density at radius 2 is 2.00 bits per heavy atom. The van der Waals surface area contributed by atoms with Gasteiger partial charge in [0.05, 0.1) is 6.10 Å². The fourth-order valence-electron chi connectivity index (χ4n) is 1.69. The second-order valence-electron chi connectivity index (χ2n) is 3.97. The first-order chi connectivity index (χ1) is 7.25. The highest BCUT2D eigenvalue weighted by Gasteiger charge is 2.15. The molecule has 1 aromatic carbocycles. The molecule has 0 heterocycles. The highest BCUT2D eigenvalue weighted by Crippen LogP contribution is 2.33. The first-order valence-corrected chi connectivity index (χ1v) is 6.20. The normalized spacial score (nSPS) is 21.2.